The number of nitrogens with one attached hydrogen (secondary N) is 2. The van der Waals surface area contributed by atoms with Gasteiger partial charge in [0.25, 0.3) is 5.89 Å². The molecule has 0 saturated carbocycles. The minimum absolute atomic E-state index is 0.0285. The van der Waals surface area contributed by atoms with E-state index in [1.807, 2.05) is 42.5 Å². The van der Waals surface area contributed by atoms with Gasteiger partial charge >= 0.3 is 0 Å². The Morgan fingerprint density at radius 2 is 2.04 bits per heavy atom. The highest BCUT2D eigenvalue weighted by Gasteiger charge is 2.20. The number of aromatic nitrogens is 3. The summed E-state index contributed by atoms with van der Waals surface area (Å²) < 4.78 is 5.36. The molecule has 0 radical (unpaired) electrons. The summed E-state index contributed by atoms with van der Waals surface area (Å²) in [4.78, 5) is 20.9. The van der Waals surface area contributed by atoms with Crippen molar-refractivity contribution in [1.29, 1.82) is 0 Å². The fourth-order valence-electron chi connectivity index (χ4n) is 3.08. The van der Waals surface area contributed by atoms with Crippen molar-refractivity contribution >= 4 is 11.7 Å². The zero-order valence-electron chi connectivity index (χ0n) is 14.9. The molecule has 1 fully saturated rings. The first kappa shape index (κ1) is 17.2. The molecule has 138 valence electrons. The molecule has 27 heavy (non-hydrogen) atoms. The van der Waals surface area contributed by atoms with E-state index < -0.39 is 0 Å². The molecule has 0 bridgehead atoms. The smallest absolute Gasteiger partial charge is 0.259 e. The average Bonchev–Trinajstić information content (AvgIpc) is 3.07. The molecular weight excluding hydrogens is 342 g/mol. The van der Waals surface area contributed by atoms with E-state index in [-0.39, 0.29) is 11.9 Å². The number of rotatable bonds is 5. The summed E-state index contributed by atoms with van der Waals surface area (Å²) in [6.07, 6.45) is 5.13. The summed E-state index contributed by atoms with van der Waals surface area (Å²) in [6.45, 7) is 0.742. The van der Waals surface area contributed by atoms with Gasteiger partial charge in [0.1, 0.15) is 11.9 Å². The third kappa shape index (κ3) is 4.31. The van der Waals surface area contributed by atoms with Gasteiger partial charge in [0.2, 0.25) is 5.91 Å². The van der Waals surface area contributed by atoms with E-state index in [4.69, 9.17) is 4.52 Å². The first-order valence-electron chi connectivity index (χ1n) is 9.15. The summed E-state index contributed by atoms with van der Waals surface area (Å²) in [5.41, 5.74) is 1.88. The first-order valence-corrected chi connectivity index (χ1v) is 9.15. The maximum atomic E-state index is 12.0. The fourth-order valence-corrected chi connectivity index (χ4v) is 3.08. The zero-order valence-corrected chi connectivity index (χ0v) is 14.9. The van der Waals surface area contributed by atoms with Crippen molar-refractivity contribution in [3.05, 3.63) is 60.0 Å². The number of hydrogen-bond acceptors (Lipinski definition) is 6. The third-order valence-corrected chi connectivity index (χ3v) is 4.54. The van der Waals surface area contributed by atoms with Crippen LogP contribution < -0.4 is 10.6 Å². The van der Waals surface area contributed by atoms with E-state index in [0.717, 1.165) is 36.9 Å². The van der Waals surface area contributed by atoms with Crippen molar-refractivity contribution in [2.24, 2.45) is 0 Å². The Bertz CT molecular complexity index is 892. The average molecular weight is 363 g/mol. The minimum Gasteiger partial charge on any atom is -0.358 e. The van der Waals surface area contributed by atoms with Gasteiger partial charge in [0.05, 0.1) is 5.56 Å². The van der Waals surface area contributed by atoms with Gasteiger partial charge in [-0.2, -0.15) is 4.98 Å². The highest BCUT2D eigenvalue weighted by Crippen LogP contribution is 2.19. The van der Waals surface area contributed by atoms with Gasteiger partial charge in [0.15, 0.2) is 5.82 Å². The number of anilines is 1. The van der Waals surface area contributed by atoms with Crippen molar-refractivity contribution in [2.75, 3.05) is 11.9 Å². The largest absolute Gasteiger partial charge is 0.358 e. The molecule has 0 spiro atoms. The fraction of sp³-hybridized carbons (Fsp3) is 0.300. The number of pyridine rings is 1. The summed E-state index contributed by atoms with van der Waals surface area (Å²) in [5.74, 6) is 1.76. The first-order chi connectivity index (χ1) is 13.3. The van der Waals surface area contributed by atoms with E-state index in [0.29, 0.717) is 24.0 Å². The van der Waals surface area contributed by atoms with E-state index >= 15 is 0 Å². The third-order valence-electron chi connectivity index (χ3n) is 4.54. The Labute approximate surface area is 157 Å². The number of nitrogens with zero attached hydrogens (tertiary/aromatic N) is 3. The zero-order chi connectivity index (χ0) is 18.5. The van der Waals surface area contributed by atoms with Crippen LogP contribution in [0, 0.1) is 0 Å². The van der Waals surface area contributed by atoms with Gasteiger partial charge in [-0.05, 0) is 37.0 Å². The summed E-state index contributed by atoms with van der Waals surface area (Å²) in [7, 11) is 0. The molecule has 1 unspecified atom stereocenters. The Kier molecular flexibility index (Phi) is 5.09. The second-order valence-corrected chi connectivity index (χ2v) is 6.59. The van der Waals surface area contributed by atoms with Crippen molar-refractivity contribution in [3.8, 4) is 11.5 Å². The van der Waals surface area contributed by atoms with Crippen LogP contribution in [0.1, 0.15) is 30.7 Å². The number of benzene rings is 1. The van der Waals surface area contributed by atoms with Crippen LogP contribution in [-0.4, -0.2) is 33.6 Å². The second kappa shape index (κ2) is 7.99. The van der Waals surface area contributed by atoms with Gasteiger partial charge in [-0.1, -0.05) is 35.5 Å². The van der Waals surface area contributed by atoms with Gasteiger partial charge in [0, 0.05) is 19.2 Å². The molecule has 0 aliphatic carbocycles. The molecule has 2 aromatic heterocycles. The molecule has 1 aromatic carbocycles. The summed E-state index contributed by atoms with van der Waals surface area (Å²) in [6, 6.07) is 13.5. The molecule has 7 heteroatoms. The van der Waals surface area contributed by atoms with Crippen molar-refractivity contribution in [2.45, 2.75) is 31.7 Å². The van der Waals surface area contributed by atoms with Crippen LogP contribution in [0.3, 0.4) is 0 Å². The van der Waals surface area contributed by atoms with Crippen LogP contribution in [0.25, 0.3) is 11.5 Å². The topological polar surface area (TPSA) is 92.9 Å². The standard InChI is InChI=1S/C20H21N5O2/c26-19-16(8-4-5-11-21-19)23-17-10-9-15(13-22-17)20-24-18(25-27-20)12-14-6-2-1-3-7-14/h1-3,6-7,9-10,13,16H,4-5,8,11-12H2,(H,21,26)(H,22,23). The normalized spacial score (nSPS) is 17.2. The lowest BCUT2D eigenvalue weighted by atomic mass is 10.1. The molecular formula is C20H21N5O2. The highest BCUT2D eigenvalue weighted by atomic mass is 16.5. The number of carbonyl (C=O) groups excluding carboxylic acids is 1. The van der Waals surface area contributed by atoms with Gasteiger partial charge < -0.3 is 15.2 Å². The Balaban J connectivity index is 1.42. The maximum Gasteiger partial charge on any atom is 0.259 e. The van der Waals surface area contributed by atoms with Crippen molar-refractivity contribution in [1.82, 2.24) is 20.4 Å². The van der Waals surface area contributed by atoms with Crippen LogP contribution in [-0.2, 0) is 11.2 Å². The van der Waals surface area contributed by atoms with Gasteiger partial charge in [-0.15, -0.1) is 0 Å². The number of carbonyl (C=O) groups is 1. The maximum absolute atomic E-state index is 12.0. The van der Waals surface area contributed by atoms with Crippen LogP contribution in [0.2, 0.25) is 0 Å². The molecule has 1 aliphatic heterocycles. The van der Waals surface area contributed by atoms with Crippen molar-refractivity contribution in [3.63, 3.8) is 0 Å². The summed E-state index contributed by atoms with van der Waals surface area (Å²) in [5, 5.41) is 10.2. The lowest BCUT2D eigenvalue weighted by Gasteiger charge is -2.15. The molecule has 1 aliphatic rings. The lowest BCUT2D eigenvalue weighted by Crippen LogP contribution is -2.38. The van der Waals surface area contributed by atoms with Crippen LogP contribution in [0.15, 0.2) is 53.2 Å². The van der Waals surface area contributed by atoms with Crippen LogP contribution in [0.4, 0.5) is 5.82 Å². The Morgan fingerprint density at radius 1 is 1.15 bits per heavy atom. The van der Waals surface area contributed by atoms with E-state index in [1.54, 1.807) is 6.20 Å². The molecule has 2 N–H and O–H groups in total. The number of amides is 1. The second-order valence-electron chi connectivity index (χ2n) is 6.59. The molecule has 1 amide bonds. The predicted molar refractivity (Wildman–Crippen MR) is 101 cm³/mol. The Hall–Kier alpha value is -3.22. The monoisotopic (exact) mass is 363 g/mol. The van der Waals surface area contributed by atoms with E-state index in [2.05, 4.69) is 25.8 Å². The highest BCUT2D eigenvalue weighted by molar-refractivity contribution is 5.84. The quantitative estimate of drug-likeness (QED) is 0.724. The minimum atomic E-state index is -0.244. The lowest BCUT2D eigenvalue weighted by molar-refractivity contribution is -0.121. The predicted octanol–water partition coefficient (Wildman–Crippen LogP) is 2.80. The molecule has 3 aromatic rings. The Morgan fingerprint density at radius 3 is 2.85 bits per heavy atom. The SMILES string of the molecule is O=C1NCCCCC1Nc1ccc(-c2nc(Cc3ccccc3)no2)cn1. The van der Waals surface area contributed by atoms with Crippen molar-refractivity contribution < 1.29 is 9.32 Å². The molecule has 1 saturated heterocycles. The van der Waals surface area contributed by atoms with Gasteiger partial charge in [-0.3, -0.25) is 4.79 Å². The van der Waals surface area contributed by atoms with E-state index in [9.17, 15) is 4.79 Å². The summed E-state index contributed by atoms with van der Waals surface area (Å²) >= 11 is 0. The molecule has 7 nitrogen and oxygen atoms in total. The molecule has 3 heterocycles. The van der Waals surface area contributed by atoms with Crippen LogP contribution >= 0.6 is 0 Å². The molecule has 4 rings (SSSR count). The number of hydrogen-bond donors (Lipinski definition) is 2. The van der Waals surface area contributed by atoms with Gasteiger partial charge in [-0.25, -0.2) is 4.98 Å². The molecule has 1 atom stereocenters. The van der Waals surface area contributed by atoms with Crippen LogP contribution in [0.5, 0.6) is 0 Å². The van der Waals surface area contributed by atoms with E-state index in [1.165, 1.54) is 0 Å².